The summed E-state index contributed by atoms with van der Waals surface area (Å²) < 4.78 is 26.2. The molecule has 1 aromatic carbocycles. The highest BCUT2D eigenvalue weighted by molar-refractivity contribution is 7.89. The normalized spacial score (nSPS) is 19.5. The van der Waals surface area contributed by atoms with E-state index in [0.717, 1.165) is 16.4 Å². The molecule has 1 unspecified atom stereocenters. The zero-order valence-electron chi connectivity index (χ0n) is 11.0. The van der Waals surface area contributed by atoms with Gasteiger partial charge < -0.3 is 16.6 Å². The van der Waals surface area contributed by atoms with Crippen LogP contribution in [0, 0.1) is 0 Å². The number of hydrogen-bond donors (Lipinski definition) is 3. The zero-order valence-corrected chi connectivity index (χ0v) is 11.8. The number of nitrogens with two attached hydrogens (primary N) is 2. The largest absolute Gasteiger partial charge is 0.478 e. The van der Waals surface area contributed by atoms with Gasteiger partial charge in [-0.05, 0) is 31.0 Å². The Labute approximate surface area is 121 Å². The van der Waals surface area contributed by atoms with Gasteiger partial charge in [-0.3, -0.25) is 4.79 Å². The molecule has 2 rings (SSSR count). The maximum Gasteiger partial charge on any atom is 0.337 e. The number of anilines is 1. The van der Waals surface area contributed by atoms with Crippen molar-refractivity contribution in [3.8, 4) is 0 Å². The number of benzene rings is 1. The number of primary amides is 1. The van der Waals surface area contributed by atoms with Crippen LogP contribution in [0.1, 0.15) is 23.2 Å². The number of nitrogens with zero attached hydrogens (tertiary/aromatic N) is 1. The summed E-state index contributed by atoms with van der Waals surface area (Å²) in [6.45, 7) is 0.115. The molecule has 0 bridgehead atoms. The number of rotatable bonds is 4. The standard InChI is InChI=1S/C12H15N3O5S/c13-7-3-4-8(12(17)18)10(6-7)21(19,20)15-5-1-2-9(15)11(14)16/h3-4,6,9H,1-2,5,13H2,(H2,14,16)(H,17,18). The summed E-state index contributed by atoms with van der Waals surface area (Å²) >= 11 is 0. The number of sulfonamides is 1. The second-order valence-electron chi connectivity index (χ2n) is 4.74. The third kappa shape index (κ3) is 2.69. The molecule has 0 spiro atoms. The third-order valence-electron chi connectivity index (χ3n) is 3.35. The van der Waals surface area contributed by atoms with Crippen molar-refractivity contribution >= 4 is 27.6 Å². The average molecular weight is 313 g/mol. The van der Waals surface area contributed by atoms with Crippen LogP contribution in [-0.2, 0) is 14.8 Å². The maximum absolute atomic E-state index is 12.6. The molecule has 0 aromatic heterocycles. The van der Waals surface area contributed by atoms with Crippen molar-refractivity contribution in [1.82, 2.24) is 4.31 Å². The second-order valence-corrected chi connectivity index (χ2v) is 6.60. The quantitative estimate of drug-likeness (QED) is 0.645. The van der Waals surface area contributed by atoms with Crippen molar-refractivity contribution in [2.75, 3.05) is 12.3 Å². The highest BCUT2D eigenvalue weighted by atomic mass is 32.2. The molecule has 1 fully saturated rings. The van der Waals surface area contributed by atoms with Crippen LogP contribution in [0.3, 0.4) is 0 Å². The predicted molar refractivity (Wildman–Crippen MR) is 73.9 cm³/mol. The average Bonchev–Trinajstić information content (AvgIpc) is 2.88. The van der Waals surface area contributed by atoms with Crippen molar-refractivity contribution in [3.05, 3.63) is 23.8 Å². The van der Waals surface area contributed by atoms with Gasteiger partial charge in [0.1, 0.15) is 6.04 Å². The Morgan fingerprint density at radius 2 is 2.00 bits per heavy atom. The first-order valence-corrected chi connectivity index (χ1v) is 7.63. The number of carboxylic acids is 1. The summed E-state index contributed by atoms with van der Waals surface area (Å²) in [5, 5.41) is 9.12. The summed E-state index contributed by atoms with van der Waals surface area (Å²) in [7, 11) is -4.16. The van der Waals surface area contributed by atoms with E-state index in [0.29, 0.717) is 12.8 Å². The van der Waals surface area contributed by atoms with Gasteiger partial charge in [0.15, 0.2) is 0 Å². The molecule has 8 nitrogen and oxygen atoms in total. The second kappa shape index (κ2) is 5.34. The van der Waals surface area contributed by atoms with Crippen molar-refractivity contribution in [2.45, 2.75) is 23.8 Å². The summed E-state index contributed by atoms with van der Waals surface area (Å²) in [4.78, 5) is 22.1. The number of amides is 1. The maximum atomic E-state index is 12.6. The number of aromatic carboxylic acids is 1. The molecule has 114 valence electrons. The Balaban J connectivity index is 2.56. The summed E-state index contributed by atoms with van der Waals surface area (Å²) in [6, 6.07) is 2.55. The first kappa shape index (κ1) is 15.3. The fourth-order valence-electron chi connectivity index (χ4n) is 2.37. The number of hydrogen-bond acceptors (Lipinski definition) is 5. The molecule has 0 saturated carbocycles. The van der Waals surface area contributed by atoms with Crippen LogP contribution in [0.15, 0.2) is 23.1 Å². The SMILES string of the molecule is NC(=O)C1CCCN1S(=O)(=O)c1cc(N)ccc1C(=O)O. The summed E-state index contributed by atoms with van der Waals surface area (Å²) in [5.74, 6) is -2.14. The zero-order chi connectivity index (χ0) is 15.8. The predicted octanol–water partition coefficient (Wildman–Crippen LogP) is -0.395. The number of carbonyl (C=O) groups is 2. The minimum atomic E-state index is -4.16. The Hall–Kier alpha value is -2.13. The minimum absolute atomic E-state index is 0.115. The van der Waals surface area contributed by atoms with Crippen LogP contribution in [-0.4, -0.2) is 42.3 Å². The molecule has 21 heavy (non-hydrogen) atoms. The molecule has 9 heteroatoms. The van der Waals surface area contributed by atoms with Crippen LogP contribution in [0.2, 0.25) is 0 Å². The number of carbonyl (C=O) groups excluding carboxylic acids is 1. The van der Waals surface area contributed by atoms with E-state index in [9.17, 15) is 18.0 Å². The van der Waals surface area contributed by atoms with Crippen molar-refractivity contribution in [1.29, 1.82) is 0 Å². The molecule has 1 aromatic rings. The van der Waals surface area contributed by atoms with Crippen LogP contribution < -0.4 is 11.5 Å². The van der Waals surface area contributed by atoms with Crippen molar-refractivity contribution < 1.29 is 23.1 Å². The van der Waals surface area contributed by atoms with E-state index in [1.165, 1.54) is 6.07 Å². The Kier molecular flexibility index (Phi) is 3.88. The number of carboxylic acid groups (broad SMARTS) is 1. The van der Waals surface area contributed by atoms with E-state index in [1.807, 2.05) is 0 Å². The fourth-order valence-corrected chi connectivity index (χ4v) is 4.25. The molecule has 1 saturated heterocycles. The van der Waals surface area contributed by atoms with E-state index in [1.54, 1.807) is 0 Å². The summed E-state index contributed by atoms with van der Waals surface area (Å²) in [6.07, 6.45) is 0.802. The van der Waals surface area contributed by atoms with E-state index in [-0.39, 0.29) is 17.8 Å². The first-order chi connectivity index (χ1) is 9.75. The first-order valence-electron chi connectivity index (χ1n) is 6.19. The molecule has 1 atom stereocenters. The lowest BCUT2D eigenvalue weighted by atomic mass is 10.2. The van der Waals surface area contributed by atoms with Gasteiger partial charge in [-0.2, -0.15) is 4.31 Å². The van der Waals surface area contributed by atoms with Crippen molar-refractivity contribution in [2.24, 2.45) is 5.73 Å². The molecule has 0 aliphatic carbocycles. The van der Waals surface area contributed by atoms with Crippen LogP contribution in [0.5, 0.6) is 0 Å². The Morgan fingerprint density at radius 1 is 1.33 bits per heavy atom. The fraction of sp³-hybridized carbons (Fsp3) is 0.333. The van der Waals surface area contributed by atoms with Crippen LogP contribution in [0.25, 0.3) is 0 Å². The lowest BCUT2D eigenvalue weighted by Gasteiger charge is -2.22. The molecular formula is C12H15N3O5S. The third-order valence-corrected chi connectivity index (χ3v) is 5.30. The lowest BCUT2D eigenvalue weighted by Crippen LogP contribution is -2.43. The molecule has 1 aliphatic rings. The monoisotopic (exact) mass is 313 g/mol. The number of nitrogen functional groups attached to an aromatic ring is 1. The van der Waals surface area contributed by atoms with Crippen molar-refractivity contribution in [3.63, 3.8) is 0 Å². The molecule has 1 amide bonds. The minimum Gasteiger partial charge on any atom is -0.478 e. The molecule has 0 radical (unpaired) electrons. The van der Waals surface area contributed by atoms with Gasteiger partial charge in [0.2, 0.25) is 15.9 Å². The van der Waals surface area contributed by atoms with Gasteiger partial charge in [0.05, 0.1) is 10.5 Å². The van der Waals surface area contributed by atoms with Gasteiger partial charge in [-0.25, -0.2) is 13.2 Å². The van der Waals surface area contributed by atoms with Gasteiger partial charge >= 0.3 is 5.97 Å². The van der Waals surface area contributed by atoms with E-state index < -0.39 is 32.8 Å². The van der Waals surface area contributed by atoms with Gasteiger partial charge in [-0.1, -0.05) is 0 Å². The summed E-state index contributed by atoms with van der Waals surface area (Å²) in [5.41, 5.74) is 10.5. The lowest BCUT2D eigenvalue weighted by molar-refractivity contribution is -0.121. The van der Waals surface area contributed by atoms with E-state index in [4.69, 9.17) is 16.6 Å². The van der Waals surface area contributed by atoms with Crippen LogP contribution >= 0.6 is 0 Å². The highest BCUT2D eigenvalue weighted by Crippen LogP contribution is 2.29. The van der Waals surface area contributed by atoms with Gasteiger partial charge in [-0.15, -0.1) is 0 Å². The molecular weight excluding hydrogens is 298 g/mol. The smallest absolute Gasteiger partial charge is 0.337 e. The Bertz CT molecular complexity index is 701. The van der Waals surface area contributed by atoms with E-state index in [2.05, 4.69) is 0 Å². The van der Waals surface area contributed by atoms with Crippen LogP contribution in [0.4, 0.5) is 5.69 Å². The van der Waals surface area contributed by atoms with Gasteiger partial charge in [0.25, 0.3) is 0 Å². The Morgan fingerprint density at radius 3 is 2.57 bits per heavy atom. The van der Waals surface area contributed by atoms with Gasteiger partial charge in [0, 0.05) is 12.2 Å². The highest BCUT2D eigenvalue weighted by Gasteiger charge is 2.40. The molecule has 1 aliphatic heterocycles. The van der Waals surface area contributed by atoms with E-state index >= 15 is 0 Å². The molecule has 1 heterocycles. The molecule has 5 N–H and O–H groups in total. The topological polar surface area (TPSA) is 144 Å².